The number of anilines is 1. The molecule has 1 aromatic rings. The monoisotopic (exact) mass is 182 g/mol. The number of pyridine rings is 1. The molecule has 0 spiro atoms. The minimum Gasteiger partial charge on any atom is -0.437 e. The van der Waals surface area contributed by atoms with Crippen molar-refractivity contribution in [2.24, 2.45) is 0 Å². The first-order valence-electron chi connectivity index (χ1n) is 3.66. The van der Waals surface area contributed by atoms with Crippen LogP contribution in [0, 0.1) is 0 Å². The van der Waals surface area contributed by atoms with Gasteiger partial charge in [0, 0.05) is 13.2 Å². The number of hydrogen-bond donors (Lipinski definition) is 1. The average molecular weight is 182 g/mol. The Balaban J connectivity index is 2.81. The van der Waals surface area contributed by atoms with Gasteiger partial charge in [-0.15, -0.1) is 0 Å². The second-order valence-corrected chi connectivity index (χ2v) is 2.16. The van der Waals surface area contributed by atoms with Crippen LogP contribution in [0.1, 0.15) is 0 Å². The van der Waals surface area contributed by atoms with Crippen LogP contribution in [0.15, 0.2) is 18.3 Å². The van der Waals surface area contributed by atoms with Crippen LogP contribution >= 0.6 is 0 Å². The Kier molecular flexibility index (Phi) is 3.08. The molecule has 0 saturated heterocycles. The molecule has 0 saturated carbocycles. The first kappa shape index (κ1) is 9.31. The summed E-state index contributed by atoms with van der Waals surface area (Å²) in [6.45, 7) is 0. The van der Waals surface area contributed by atoms with E-state index in [0.29, 0.717) is 11.6 Å². The van der Waals surface area contributed by atoms with Crippen molar-refractivity contribution < 1.29 is 14.3 Å². The van der Waals surface area contributed by atoms with E-state index in [0.717, 1.165) is 0 Å². The van der Waals surface area contributed by atoms with Gasteiger partial charge in [-0.3, -0.25) is 0 Å². The normalized spacial score (nSPS) is 9.08. The molecule has 0 aliphatic rings. The summed E-state index contributed by atoms with van der Waals surface area (Å²) in [5.41, 5.74) is 0. The number of nitrogens with zero attached hydrogens (tertiary/aromatic N) is 1. The zero-order valence-corrected chi connectivity index (χ0v) is 7.40. The molecule has 0 radical (unpaired) electrons. The smallest absolute Gasteiger partial charge is 0.437 e. The van der Waals surface area contributed by atoms with Gasteiger partial charge in [0.05, 0.1) is 7.11 Å². The minimum absolute atomic E-state index is 0.344. The lowest BCUT2D eigenvalue weighted by molar-refractivity contribution is 0.121. The molecule has 70 valence electrons. The minimum atomic E-state index is -0.760. The third-order valence-corrected chi connectivity index (χ3v) is 1.37. The molecule has 0 amide bonds. The highest BCUT2D eigenvalue weighted by Gasteiger charge is 2.07. The van der Waals surface area contributed by atoms with Crippen molar-refractivity contribution in [1.82, 2.24) is 4.98 Å². The highest BCUT2D eigenvalue weighted by molar-refractivity contribution is 5.66. The van der Waals surface area contributed by atoms with E-state index < -0.39 is 6.16 Å². The summed E-state index contributed by atoms with van der Waals surface area (Å²) in [6, 6.07) is 3.29. The van der Waals surface area contributed by atoms with E-state index in [9.17, 15) is 4.79 Å². The Morgan fingerprint density at radius 3 is 3.00 bits per heavy atom. The topological polar surface area (TPSA) is 60.5 Å². The van der Waals surface area contributed by atoms with Gasteiger partial charge in [0.2, 0.25) is 0 Å². The van der Waals surface area contributed by atoms with Crippen LogP contribution < -0.4 is 10.1 Å². The number of aromatic nitrogens is 1. The Labute approximate surface area is 75.7 Å². The molecule has 1 heterocycles. The number of carbonyl (C=O) groups excluding carboxylic acids is 1. The second kappa shape index (κ2) is 4.30. The van der Waals surface area contributed by atoms with Crippen LogP contribution in [0.5, 0.6) is 5.75 Å². The third-order valence-electron chi connectivity index (χ3n) is 1.37. The van der Waals surface area contributed by atoms with Crippen LogP contribution in [0.2, 0.25) is 0 Å². The van der Waals surface area contributed by atoms with E-state index in [4.69, 9.17) is 4.74 Å². The SMILES string of the molecule is CNc1ncccc1OC(=O)OC. The van der Waals surface area contributed by atoms with E-state index in [1.54, 1.807) is 25.4 Å². The molecular weight excluding hydrogens is 172 g/mol. The fourth-order valence-electron chi connectivity index (χ4n) is 0.792. The van der Waals surface area contributed by atoms with Gasteiger partial charge in [-0.1, -0.05) is 0 Å². The predicted molar refractivity (Wildman–Crippen MR) is 46.8 cm³/mol. The van der Waals surface area contributed by atoms with Crippen molar-refractivity contribution in [3.05, 3.63) is 18.3 Å². The Bertz CT molecular complexity index is 301. The fourth-order valence-corrected chi connectivity index (χ4v) is 0.792. The molecule has 0 aliphatic heterocycles. The maximum atomic E-state index is 10.7. The van der Waals surface area contributed by atoms with Crippen molar-refractivity contribution in [1.29, 1.82) is 0 Å². The molecule has 1 aromatic heterocycles. The van der Waals surface area contributed by atoms with Gasteiger partial charge in [-0.25, -0.2) is 9.78 Å². The zero-order valence-electron chi connectivity index (χ0n) is 7.40. The Morgan fingerprint density at radius 1 is 1.62 bits per heavy atom. The van der Waals surface area contributed by atoms with Gasteiger partial charge in [-0.05, 0) is 12.1 Å². The number of carbonyl (C=O) groups is 1. The van der Waals surface area contributed by atoms with Gasteiger partial charge < -0.3 is 14.8 Å². The van der Waals surface area contributed by atoms with Crippen molar-refractivity contribution in [3.63, 3.8) is 0 Å². The summed E-state index contributed by atoms with van der Waals surface area (Å²) in [5, 5.41) is 2.78. The lowest BCUT2D eigenvalue weighted by Gasteiger charge is -2.06. The standard InChI is InChI=1S/C8H10N2O3/c1-9-7-6(4-3-5-10-7)13-8(11)12-2/h3-5H,1-2H3,(H,9,10). The van der Waals surface area contributed by atoms with E-state index in [2.05, 4.69) is 15.0 Å². The number of methoxy groups -OCH3 is 1. The average Bonchev–Trinajstić information content (AvgIpc) is 2.18. The van der Waals surface area contributed by atoms with E-state index in [1.807, 2.05) is 0 Å². The largest absolute Gasteiger partial charge is 0.513 e. The molecule has 1 N–H and O–H groups in total. The first-order chi connectivity index (χ1) is 6.27. The molecule has 0 bridgehead atoms. The summed E-state index contributed by atoms with van der Waals surface area (Å²) >= 11 is 0. The number of ether oxygens (including phenoxy) is 2. The Morgan fingerprint density at radius 2 is 2.38 bits per heavy atom. The summed E-state index contributed by atoms with van der Waals surface area (Å²) in [6.07, 6.45) is 0.834. The van der Waals surface area contributed by atoms with Crippen molar-refractivity contribution >= 4 is 12.0 Å². The maximum absolute atomic E-state index is 10.7. The summed E-state index contributed by atoms with van der Waals surface area (Å²) in [4.78, 5) is 14.7. The second-order valence-electron chi connectivity index (χ2n) is 2.16. The molecule has 0 aromatic carbocycles. The molecule has 0 fully saturated rings. The predicted octanol–water partition coefficient (Wildman–Crippen LogP) is 1.27. The number of rotatable bonds is 2. The Hall–Kier alpha value is -1.78. The van der Waals surface area contributed by atoms with Gasteiger partial charge in [0.15, 0.2) is 11.6 Å². The summed E-state index contributed by atoms with van der Waals surface area (Å²) in [5.74, 6) is 0.838. The number of nitrogens with one attached hydrogen (secondary N) is 1. The highest BCUT2D eigenvalue weighted by Crippen LogP contribution is 2.20. The van der Waals surface area contributed by atoms with Gasteiger partial charge >= 0.3 is 6.16 Å². The lowest BCUT2D eigenvalue weighted by Crippen LogP contribution is -2.09. The van der Waals surface area contributed by atoms with E-state index in [-0.39, 0.29) is 0 Å². The van der Waals surface area contributed by atoms with E-state index >= 15 is 0 Å². The van der Waals surface area contributed by atoms with Crippen molar-refractivity contribution in [2.75, 3.05) is 19.5 Å². The third kappa shape index (κ3) is 2.33. The first-order valence-corrected chi connectivity index (χ1v) is 3.66. The summed E-state index contributed by atoms with van der Waals surface area (Å²) < 4.78 is 9.14. The molecule has 0 aliphatic carbocycles. The zero-order chi connectivity index (χ0) is 9.68. The molecule has 5 nitrogen and oxygen atoms in total. The maximum Gasteiger partial charge on any atom is 0.513 e. The lowest BCUT2D eigenvalue weighted by atomic mass is 10.4. The summed E-state index contributed by atoms with van der Waals surface area (Å²) in [7, 11) is 2.93. The molecule has 0 unspecified atom stereocenters. The van der Waals surface area contributed by atoms with Crippen LogP contribution in [0.25, 0.3) is 0 Å². The van der Waals surface area contributed by atoms with Crippen LogP contribution in [-0.4, -0.2) is 25.3 Å². The van der Waals surface area contributed by atoms with E-state index in [1.165, 1.54) is 7.11 Å². The van der Waals surface area contributed by atoms with Gasteiger partial charge in [-0.2, -0.15) is 0 Å². The highest BCUT2D eigenvalue weighted by atomic mass is 16.7. The van der Waals surface area contributed by atoms with Crippen molar-refractivity contribution in [2.45, 2.75) is 0 Å². The van der Waals surface area contributed by atoms with Crippen molar-refractivity contribution in [3.8, 4) is 5.75 Å². The fraction of sp³-hybridized carbons (Fsp3) is 0.250. The van der Waals surface area contributed by atoms with Crippen LogP contribution in [0.4, 0.5) is 10.6 Å². The van der Waals surface area contributed by atoms with Gasteiger partial charge in [0.1, 0.15) is 0 Å². The molecule has 1 rings (SSSR count). The van der Waals surface area contributed by atoms with Gasteiger partial charge in [0.25, 0.3) is 0 Å². The van der Waals surface area contributed by atoms with Crippen LogP contribution in [0.3, 0.4) is 0 Å². The molecular formula is C8H10N2O3. The molecule has 0 atom stereocenters. The van der Waals surface area contributed by atoms with Crippen LogP contribution in [-0.2, 0) is 4.74 Å². The molecule has 5 heteroatoms. The number of hydrogen-bond acceptors (Lipinski definition) is 5. The quantitative estimate of drug-likeness (QED) is 0.698. The molecule has 13 heavy (non-hydrogen) atoms.